The van der Waals surface area contributed by atoms with Gasteiger partial charge in [0.25, 0.3) is 0 Å². The highest BCUT2D eigenvalue weighted by Crippen LogP contribution is 2.21. The van der Waals surface area contributed by atoms with Gasteiger partial charge in [0, 0.05) is 25.5 Å². The summed E-state index contributed by atoms with van der Waals surface area (Å²) in [5.41, 5.74) is 2.64. The predicted octanol–water partition coefficient (Wildman–Crippen LogP) is 2.14. The number of hydrogen-bond donors (Lipinski definition) is 0. The molecule has 5 nitrogen and oxygen atoms in total. The van der Waals surface area contributed by atoms with Gasteiger partial charge in [-0.25, -0.2) is 4.98 Å². The molecule has 0 spiro atoms. The van der Waals surface area contributed by atoms with Crippen molar-refractivity contribution in [3.05, 3.63) is 54.1 Å². The lowest BCUT2D eigenvalue weighted by molar-refractivity contribution is 0.0553. The van der Waals surface area contributed by atoms with Crippen LogP contribution in [0.4, 0.5) is 5.69 Å². The van der Waals surface area contributed by atoms with E-state index in [2.05, 4.69) is 14.9 Å². The Morgan fingerprint density at radius 1 is 1.29 bits per heavy atom. The zero-order chi connectivity index (χ0) is 14.5. The summed E-state index contributed by atoms with van der Waals surface area (Å²) in [6, 6.07) is 9.66. The fourth-order valence-corrected chi connectivity index (χ4v) is 2.43. The Hall–Kier alpha value is -2.45. The summed E-state index contributed by atoms with van der Waals surface area (Å²) in [4.78, 5) is 10.3. The Balaban J connectivity index is 1.54. The van der Waals surface area contributed by atoms with E-state index < -0.39 is 0 Å². The second-order valence-corrected chi connectivity index (χ2v) is 5.04. The van der Waals surface area contributed by atoms with Crippen molar-refractivity contribution in [2.75, 3.05) is 18.0 Å². The summed E-state index contributed by atoms with van der Waals surface area (Å²) in [5, 5.41) is 8.76. The van der Waals surface area contributed by atoms with E-state index in [1.807, 2.05) is 24.3 Å². The Bertz CT molecular complexity index is 621. The monoisotopic (exact) mass is 280 g/mol. The molecule has 0 amide bonds. The van der Waals surface area contributed by atoms with Crippen molar-refractivity contribution in [3.63, 3.8) is 0 Å². The third kappa shape index (κ3) is 3.36. The van der Waals surface area contributed by atoms with E-state index in [0.29, 0.717) is 12.3 Å². The summed E-state index contributed by atoms with van der Waals surface area (Å²) < 4.78 is 5.94. The van der Waals surface area contributed by atoms with Crippen LogP contribution in [0.15, 0.2) is 42.9 Å². The fraction of sp³-hybridized carbons (Fsp3) is 0.312. The van der Waals surface area contributed by atoms with Crippen molar-refractivity contribution in [2.45, 2.75) is 19.1 Å². The van der Waals surface area contributed by atoms with Gasteiger partial charge >= 0.3 is 0 Å². The first-order valence-electron chi connectivity index (χ1n) is 6.97. The van der Waals surface area contributed by atoms with Gasteiger partial charge in [-0.05, 0) is 36.2 Å². The molecule has 1 aliphatic heterocycles. The second kappa shape index (κ2) is 6.33. The number of hydrogen-bond acceptors (Lipinski definition) is 5. The van der Waals surface area contributed by atoms with E-state index in [1.54, 1.807) is 24.7 Å². The fourth-order valence-electron chi connectivity index (χ4n) is 2.43. The van der Waals surface area contributed by atoms with Crippen molar-refractivity contribution in [3.8, 4) is 6.07 Å². The van der Waals surface area contributed by atoms with Crippen LogP contribution in [0, 0.1) is 11.3 Å². The van der Waals surface area contributed by atoms with Crippen LogP contribution in [0.3, 0.4) is 0 Å². The molecule has 1 aliphatic rings. The topological polar surface area (TPSA) is 62.0 Å². The van der Waals surface area contributed by atoms with Gasteiger partial charge in [0.2, 0.25) is 0 Å². The Labute approximate surface area is 123 Å². The zero-order valence-corrected chi connectivity index (χ0v) is 11.6. The van der Waals surface area contributed by atoms with Crippen molar-refractivity contribution in [2.24, 2.45) is 0 Å². The lowest BCUT2D eigenvalue weighted by Crippen LogP contribution is -2.22. The number of anilines is 1. The van der Waals surface area contributed by atoms with Crippen LogP contribution in [0.5, 0.6) is 0 Å². The maximum atomic E-state index is 8.76. The standard InChI is InChI=1S/C16H16N4O/c17-9-14-1-2-15(10-19-14)20-8-5-16(11-20)21-12-13-3-6-18-7-4-13/h1-4,6-7,10,16H,5,8,11-12H2/t16-/m1/s1. The molecule has 5 heteroatoms. The molecule has 1 atom stereocenters. The molecule has 2 aromatic rings. The van der Waals surface area contributed by atoms with E-state index in [1.165, 1.54) is 0 Å². The number of aromatic nitrogens is 2. The molecule has 0 unspecified atom stereocenters. The Morgan fingerprint density at radius 2 is 2.14 bits per heavy atom. The van der Waals surface area contributed by atoms with Crippen LogP contribution in [-0.2, 0) is 11.3 Å². The van der Waals surface area contributed by atoms with Gasteiger partial charge in [-0.2, -0.15) is 5.26 Å². The summed E-state index contributed by atoms with van der Waals surface area (Å²) in [7, 11) is 0. The molecular weight excluding hydrogens is 264 g/mol. The van der Waals surface area contributed by atoms with Crippen LogP contribution < -0.4 is 4.90 Å². The normalized spacial score (nSPS) is 17.7. The largest absolute Gasteiger partial charge is 0.372 e. The molecule has 0 saturated carbocycles. The molecule has 1 saturated heterocycles. The summed E-state index contributed by atoms with van der Waals surface area (Å²) in [5.74, 6) is 0. The van der Waals surface area contributed by atoms with Gasteiger partial charge in [0.15, 0.2) is 0 Å². The van der Waals surface area contributed by atoms with Gasteiger partial charge in [-0.15, -0.1) is 0 Å². The zero-order valence-electron chi connectivity index (χ0n) is 11.6. The maximum Gasteiger partial charge on any atom is 0.140 e. The van der Waals surface area contributed by atoms with Crippen molar-refractivity contribution in [1.29, 1.82) is 5.26 Å². The number of ether oxygens (including phenoxy) is 1. The minimum absolute atomic E-state index is 0.230. The molecular formula is C16H16N4O. The van der Waals surface area contributed by atoms with Crippen molar-refractivity contribution < 1.29 is 4.74 Å². The second-order valence-electron chi connectivity index (χ2n) is 5.04. The van der Waals surface area contributed by atoms with Gasteiger partial charge < -0.3 is 9.64 Å². The average Bonchev–Trinajstić information content (AvgIpc) is 3.03. The van der Waals surface area contributed by atoms with Crippen molar-refractivity contribution >= 4 is 5.69 Å². The SMILES string of the molecule is N#Cc1ccc(N2CC[C@@H](OCc3ccncc3)C2)cn1. The van der Waals surface area contributed by atoms with Gasteiger partial charge in [0.05, 0.1) is 24.6 Å². The minimum atomic E-state index is 0.230. The Morgan fingerprint density at radius 3 is 2.86 bits per heavy atom. The number of nitrogens with zero attached hydrogens (tertiary/aromatic N) is 4. The molecule has 0 aliphatic carbocycles. The van der Waals surface area contributed by atoms with Crippen LogP contribution >= 0.6 is 0 Å². The lowest BCUT2D eigenvalue weighted by atomic mass is 10.3. The number of rotatable bonds is 4. The molecule has 21 heavy (non-hydrogen) atoms. The molecule has 106 valence electrons. The van der Waals surface area contributed by atoms with E-state index >= 15 is 0 Å². The third-order valence-electron chi connectivity index (χ3n) is 3.61. The first kappa shape index (κ1) is 13.5. The van der Waals surface area contributed by atoms with E-state index in [4.69, 9.17) is 10.00 Å². The molecule has 3 rings (SSSR count). The van der Waals surface area contributed by atoms with Crippen molar-refractivity contribution in [1.82, 2.24) is 9.97 Å². The highest BCUT2D eigenvalue weighted by molar-refractivity contribution is 5.47. The first-order chi connectivity index (χ1) is 10.3. The molecule has 2 aromatic heterocycles. The van der Waals surface area contributed by atoms with Gasteiger partial charge in [0.1, 0.15) is 11.8 Å². The molecule has 3 heterocycles. The van der Waals surface area contributed by atoms with Gasteiger partial charge in [-0.3, -0.25) is 4.98 Å². The summed E-state index contributed by atoms with van der Waals surface area (Å²) >= 11 is 0. The number of nitriles is 1. The molecule has 0 radical (unpaired) electrons. The van der Waals surface area contributed by atoms with Gasteiger partial charge in [-0.1, -0.05) is 0 Å². The molecule has 0 bridgehead atoms. The van der Waals surface area contributed by atoms with Crippen LogP contribution in [0.1, 0.15) is 17.7 Å². The summed E-state index contributed by atoms with van der Waals surface area (Å²) in [6.45, 7) is 2.43. The first-order valence-corrected chi connectivity index (χ1v) is 6.97. The van der Waals surface area contributed by atoms with E-state index in [0.717, 1.165) is 30.8 Å². The van der Waals surface area contributed by atoms with Crippen LogP contribution in [-0.4, -0.2) is 29.2 Å². The smallest absolute Gasteiger partial charge is 0.140 e. The maximum absolute atomic E-state index is 8.76. The highest BCUT2D eigenvalue weighted by Gasteiger charge is 2.23. The third-order valence-corrected chi connectivity index (χ3v) is 3.61. The molecule has 0 aromatic carbocycles. The number of pyridine rings is 2. The van der Waals surface area contributed by atoms with Crippen LogP contribution in [0.25, 0.3) is 0 Å². The average molecular weight is 280 g/mol. The Kier molecular flexibility index (Phi) is 4.08. The quantitative estimate of drug-likeness (QED) is 0.858. The molecule has 1 fully saturated rings. The minimum Gasteiger partial charge on any atom is -0.372 e. The van der Waals surface area contributed by atoms with Crippen LogP contribution in [0.2, 0.25) is 0 Å². The van der Waals surface area contributed by atoms with E-state index in [9.17, 15) is 0 Å². The highest BCUT2D eigenvalue weighted by atomic mass is 16.5. The summed E-state index contributed by atoms with van der Waals surface area (Å²) in [6.07, 6.45) is 6.55. The predicted molar refractivity (Wildman–Crippen MR) is 78.6 cm³/mol. The van der Waals surface area contributed by atoms with E-state index in [-0.39, 0.29) is 6.10 Å². The molecule has 0 N–H and O–H groups in total. The lowest BCUT2D eigenvalue weighted by Gasteiger charge is -2.18.